The van der Waals surface area contributed by atoms with E-state index in [9.17, 15) is 0 Å². The number of aromatic nitrogens is 4. The molecular weight excluding hydrogens is 286 g/mol. The van der Waals surface area contributed by atoms with Gasteiger partial charge in [0.15, 0.2) is 6.33 Å². The molecule has 2 atom stereocenters. The summed E-state index contributed by atoms with van der Waals surface area (Å²) in [5.74, 6) is 0.476. The minimum absolute atomic E-state index is 0.121. The SMILES string of the molecule is Cc1ccc([C@H]([C@H]2CCCNC2)n2ncnn2)c2ccccc12. The smallest absolute Gasteiger partial charge is 0.162 e. The van der Waals surface area contributed by atoms with E-state index < -0.39 is 0 Å². The molecule has 0 saturated carbocycles. The van der Waals surface area contributed by atoms with Crippen molar-refractivity contribution in [2.45, 2.75) is 25.8 Å². The maximum atomic E-state index is 4.36. The van der Waals surface area contributed by atoms with E-state index in [1.807, 2.05) is 0 Å². The van der Waals surface area contributed by atoms with Crippen LogP contribution in [-0.2, 0) is 0 Å². The normalized spacial score (nSPS) is 19.8. The molecule has 1 N–H and O–H groups in total. The van der Waals surface area contributed by atoms with Crippen molar-refractivity contribution in [2.24, 2.45) is 5.92 Å². The molecule has 1 aliphatic rings. The van der Waals surface area contributed by atoms with Crippen LogP contribution in [0.1, 0.15) is 30.0 Å². The van der Waals surface area contributed by atoms with E-state index in [2.05, 4.69) is 64.0 Å². The molecule has 0 amide bonds. The van der Waals surface area contributed by atoms with E-state index in [0.717, 1.165) is 13.1 Å². The van der Waals surface area contributed by atoms with Crippen molar-refractivity contribution in [2.75, 3.05) is 13.1 Å². The third-order valence-corrected chi connectivity index (χ3v) is 4.89. The Labute approximate surface area is 135 Å². The molecule has 0 unspecified atom stereocenters. The highest BCUT2D eigenvalue weighted by Crippen LogP contribution is 2.35. The highest BCUT2D eigenvalue weighted by molar-refractivity contribution is 5.89. The van der Waals surface area contributed by atoms with Gasteiger partial charge in [0.1, 0.15) is 6.04 Å². The van der Waals surface area contributed by atoms with E-state index in [1.54, 1.807) is 4.80 Å². The van der Waals surface area contributed by atoms with Gasteiger partial charge in [-0.05, 0) is 59.3 Å². The van der Waals surface area contributed by atoms with Crippen LogP contribution in [0.2, 0.25) is 0 Å². The fourth-order valence-electron chi connectivity index (χ4n) is 3.75. The molecule has 2 heterocycles. The lowest BCUT2D eigenvalue weighted by molar-refractivity contribution is 0.262. The molecule has 4 rings (SSSR count). The maximum Gasteiger partial charge on any atom is 0.162 e. The van der Waals surface area contributed by atoms with Gasteiger partial charge in [-0.15, -0.1) is 10.2 Å². The van der Waals surface area contributed by atoms with Crippen LogP contribution in [0, 0.1) is 12.8 Å². The topological polar surface area (TPSA) is 55.6 Å². The fraction of sp³-hybridized carbons (Fsp3) is 0.389. The summed E-state index contributed by atoms with van der Waals surface area (Å²) >= 11 is 0. The first-order chi connectivity index (χ1) is 11.3. The van der Waals surface area contributed by atoms with Crippen molar-refractivity contribution in [1.82, 2.24) is 25.5 Å². The number of nitrogens with zero attached hydrogens (tertiary/aromatic N) is 4. The molecule has 5 heteroatoms. The molecule has 118 valence electrons. The van der Waals surface area contributed by atoms with E-state index in [4.69, 9.17) is 0 Å². The number of hydrogen-bond acceptors (Lipinski definition) is 4. The first-order valence-corrected chi connectivity index (χ1v) is 8.26. The molecule has 0 spiro atoms. The molecule has 0 aliphatic carbocycles. The lowest BCUT2D eigenvalue weighted by atomic mass is 9.85. The molecule has 2 aromatic carbocycles. The van der Waals surface area contributed by atoms with Crippen molar-refractivity contribution in [3.05, 3.63) is 53.9 Å². The van der Waals surface area contributed by atoms with Crippen molar-refractivity contribution >= 4 is 10.8 Å². The van der Waals surface area contributed by atoms with Gasteiger partial charge in [-0.1, -0.05) is 36.4 Å². The zero-order valence-corrected chi connectivity index (χ0v) is 13.3. The summed E-state index contributed by atoms with van der Waals surface area (Å²) in [6.07, 6.45) is 3.90. The summed E-state index contributed by atoms with van der Waals surface area (Å²) in [5.41, 5.74) is 2.59. The van der Waals surface area contributed by atoms with E-state index in [-0.39, 0.29) is 6.04 Å². The van der Waals surface area contributed by atoms with Crippen LogP contribution in [0.25, 0.3) is 10.8 Å². The van der Waals surface area contributed by atoms with E-state index in [1.165, 1.54) is 41.1 Å². The monoisotopic (exact) mass is 307 g/mol. The lowest BCUT2D eigenvalue weighted by Crippen LogP contribution is -2.36. The molecular formula is C18H21N5. The van der Waals surface area contributed by atoms with Gasteiger partial charge in [0.25, 0.3) is 0 Å². The average Bonchev–Trinajstić information content (AvgIpc) is 3.13. The zero-order valence-electron chi connectivity index (χ0n) is 13.3. The molecule has 1 aliphatic heterocycles. The van der Waals surface area contributed by atoms with E-state index >= 15 is 0 Å². The molecule has 0 bridgehead atoms. The number of hydrogen-bond donors (Lipinski definition) is 1. The van der Waals surface area contributed by atoms with Crippen molar-refractivity contribution in [3.8, 4) is 0 Å². The van der Waals surface area contributed by atoms with Gasteiger partial charge in [0.2, 0.25) is 0 Å². The van der Waals surface area contributed by atoms with Crippen LogP contribution >= 0.6 is 0 Å². The van der Waals surface area contributed by atoms with Gasteiger partial charge in [-0.2, -0.15) is 4.80 Å². The Kier molecular flexibility index (Phi) is 3.79. The van der Waals surface area contributed by atoms with Gasteiger partial charge >= 0.3 is 0 Å². The van der Waals surface area contributed by atoms with Gasteiger partial charge in [-0.25, -0.2) is 0 Å². The Balaban J connectivity index is 1.88. The quantitative estimate of drug-likeness (QED) is 0.808. The van der Waals surface area contributed by atoms with Crippen molar-refractivity contribution in [3.63, 3.8) is 0 Å². The van der Waals surface area contributed by atoms with Gasteiger partial charge in [-0.3, -0.25) is 0 Å². The number of fused-ring (bicyclic) bond motifs is 1. The number of rotatable bonds is 3. The summed E-state index contributed by atoms with van der Waals surface area (Å²) in [7, 11) is 0. The Morgan fingerprint density at radius 3 is 2.78 bits per heavy atom. The first kappa shape index (κ1) is 14.3. The second-order valence-corrected chi connectivity index (χ2v) is 6.32. The Morgan fingerprint density at radius 2 is 2.04 bits per heavy atom. The largest absolute Gasteiger partial charge is 0.316 e. The van der Waals surface area contributed by atoms with Gasteiger partial charge in [0.05, 0.1) is 0 Å². The van der Waals surface area contributed by atoms with E-state index in [0.29, 0.717) is 5.92 Å². The predicted octanol–water partition coefficient (Wildman–Crippen LogP) is 2.72. The van der Waals surface area contributed by atoms with Crippen LogP contribution in [0.3, 0.4) is 0 Å². The lowest BCUT2D eigenvalue weighted by Gasteiger charge is -2.31. The molecule has 5 nitrogen and oxygen atoms in total. The van der Waals surface area contributed by atoms with Crippen LogP contribution in [0.4, 0.5) is 0 Å². The summed E-state index contributed by atoms with van der Waals surface area (Å²) in [4.78, 5) is 1.79. The summed E-state index contributed by atoms with van der Waals surface area (Å²) in [6.45, 7) is 4.26. The maximum absolute atomic E-state index is 4.36. The summed E-state index contributed by atoms with van der Waals surface area (Å²) < 4.78 is 0. The van der Waals surface area contributed by atoms with Crippen molar-refractivity contribution < 1.29 is 0 Å². The van der Waals surface area contributed by atoms with Gasteiger partial charge < -0.3 is 5.32 Å². The molecule has 23 heavy (non-hydrogen) atoms. The Morgan fingerprint density at radius 1 is 1.17 bits per heavy atom. The van der Waals surface area contributed by atoms with Crippen LogP contribution < -0.4 is 5.32 Å². The second-order valence-electron chi connectivity index (χ2n) is 6.32. The molecule has 1 aromatic heterocycles. The first-order valence-electron chi connectivity index (χ1n) is 8.26. The van der Waals surface area contributed by atoms with Gasteiger partial charge in [0, 0.05) is 6.54 Å². The number of tetrazole rings is 1. The highest BCUT2D eigenvalue weighted by Gasteiger charge is 2.29. The predicted molar refractivity (Wildman–Crippen MR) is 90.2 cm³/mol. The third kappa shape index (κ3) is 2.61. The van der Waals surface area contributed by atoms with Crippen LogP contribution in [-0.4, -0.2) is 33.3 Å². The Hall–Kier alpha value is -2.27. The number of benzene rings is 2. The highest BCUT2D eigenvalue weighted by atomic mass is 15.6. The number of piperidine rings is 1. The van der Waals surface area contributed by atoms with Crippen LogP contribution in [0.15, 0.2) is 42.7 Å². The second kappa shape index (κ2) is 6.08. The third-order valence-electron chi connectivity index (χ3n) is 4.89. The Bertz CT molecular complexity index is 790. The van der Waals surface area contributed by atoms with Crippen LogP contribution in [0.5, 0.6) is 0 Å². The summed E-state index contributed by atoms with van der Waals surface area (Å²) in [6, 6.07) is 13.2. The molecule has 0 radical (unpaired) electrons. The zero-order chi connectivity index (χ0) is 15.6. The van der Waals surface area contributed by atoms with Crippen molar-refractivity contribution in [1.29, 1.82) is 0 Å². The molecule has 3 aromatic rings. The summed E-state index contributed by atoms with van der Waals surface area (Å²) in [5, 5.41) is 18.6. The number of aryl methyl sites for hydroxylation is 1. The standard InChI is InChI=1S/C18H21N5/c1-13-8-9-17(16-7-3-2-6-15(13)16)18(23-21-12-20-22-23)14-5-4-10-19-11-14/h2-3,6-9,12,14,18-19H,4-5,10-11H2,1H3/t14-,18-/m0/s1. The molecule has 1 fully saturated rings. The minimum Gasteiger partial charge on any atom is -0.316 e. The molecule has 1 saturated heterocycles. The minimum atomic E-state index is 0.121. The average molecular weight is 307 g/mol. The number of nitrogens with one attached hydrogen (secondary N) is 1. The fourth-order valence-corrected chi connectivity index (χ4v) is 3.75.